The van der Waals surface area contributed by atoms with Crippen molar-refractivity contribution in [1.29, 1.82) is 0 Å². The van der Waals surface area contributed by atoms with Crippen molar-refractivity contribution in [2.45, 2.75) is 26.2 Å². The lowest BCUT2D eigenvalue weighted by molar-refractivity contribution is -0.131. The first-order valence-corrected chi connectivity index (χ1v) is 10.3. The Morgan fingerprint density at radius 1 is 1.03 bits per heavy atom. The van der Waals surface area contributed by atoms with Crippen LogP contribution in [0.25, 0.3) is 11.4 Å². The van der Waals surface area contributed by atoms with Crippen LogP contribution in [-0.2, 0) is 17.6 Å². The number of anilines is 1. The average molecular weight is 408 g/mol. The number of piperazine rings is 1. The van der Waals surface area contributed by atoms with Crippen LogP contribution in [0.15, 0.2) is 53.1 Å². The van der Waals surface area contributed by atoms with Gasteiger partial charge in [0.05, 0.1) is 0 Å². The minimum atomic E-state index is -0.241. The quantitative estimate of drug-likeness (QED) is 0.622. The Morgan fingerprint density at radius 2 is 1.73 bits per heavy atom. The van der Waals surface area contributed by atoms with Gasteiger partial charge in [0.15, 0.2) is 0 Å². The maximum atomic E-state index is 13.1. The first-order valence-electron chi connectivity index (χ1n) is 10.3. The Morgan fingerprint density at radius 3 is 2.40 bits per heavy atom. The van der Waals surface area contributed by atoms with Crippen molar-refractivity contribution in [3.05, 3.63) is 65.8 Å². The Balaban J connectivity index is 1.27. The van der Waals surface area contributed by atoms with E-state index < -0.39 is 0 Å². The molecule has 30 heavy (non-hydrogen) atoms. The first-order chi connectivity index (χ1) is 14.6. The van der Waals surface area contributed by atoms with Gasteiger partial charge in [0.2, 0.25) is 17.6 Å². The summed E-state index contributed by atoms with van der Waals surface area (Å²) in [6.07, 6.45) is 1.75. The molecule has 0 spiro atoms. The van der Waals surface area contributed by atoms with Gasteiger partial charge in [-0.25, -0.2) is 4.39 Å². The topological polar surface area (TPSA) is 62.5 Å². The van der Waals surface area contributed by atoms with Gasteiger partial charge >= 0.3 is 0 Å². The molecule has 0 N–H and O–H groups in total. The highest BCUT2D eigenvalue weighted by atomic mass is 19.1. The van der Waals surface area contributed by atoms with E-state index >= 15 is 0 Å². The van der Waals surface area contributed by atoms with Crippen LogP contribution < -0.4 is 4.90 Å². The molecule has 0 saturated carbocycles. The molecule has 0 radical (unpaired) electrons. The molecule has 1 aliphatic rings. The molecule has 2 aromatic carbocycles. The second kappa shape index (κ2) is 9.07. The lowest BCUT2D eigenvalue weighted by Crippen LogP contribution is -2.48. The zero-order chi connectivity index (χ0) is 20.9. The Hall–Kier alpha value is -3.22. The van der Waals surface area contributed by atoms with Crippen molar-refractivity contribution in [2.24, 2.45) is 0 Å². The second-order valence-electron chi connectivity index (χ2n) is 7.41. The van der Waals surface area contributed by atoms with Crippen molar-refractivity contribution in [1.82, 2.24) is 15.0 Å². The summed E-state index contributed by atoms with van der Waals surface area (Å²) in [7, 11) is 0. The monoisotopic (exact) mass is 408 g/mol. The predicted molar refractivity (Wildman–Crippen MR) is 113 cm³/mol. The number of benzene rings is 2. The van der Waals surface area contributed by atoms with Crippen LogP contribution in [0.1, 0.15) is 24.8 Å². The number of rotatable bonds is 6. The van der Waals surface area contributed by atoms with Crippen molar-refractivity contribution in [3.63, 3.8) is 0 Å². The molecule has 1 fully saturated rings. The van der Waals surface area contributed by atoms with Gasteiger partial charge in [-0.3, -0.25) is 4.79 Å². The maximum Gasteiger partial charge on any atom is 0.227 e. The fourth-order valence-electron chi connectivity index (χ4n) is 3.60. The van der Waals surface area contributed by atoms with Crippen molar-refractivity contribution >= 4 is 11.6 Å². The van der Waals surface area contributed by atoms with Gasteiger partial charge in [-0.2, -0.15) is 4.98 Å². The van der Waals surface area contributed by atoms with Crippen LogP contribution >= 0.6 is 0 Å². The highest BCUT2D eigenvalue weighted by molar-refractivity contribution is 5.76. The third kappa shape index (κ3) is 4.67. The summed E-state index contributed by atoms with van der Waals surface area (Å²) in [4.78, 5) is 21.0. The van der Waals surface area contributed by atoms with Gasteiger partial charge in [0.25, 0.3) is 0 Å². The Labute approximate surface area is 175 Å². The number of halogens is 1. The zero-order valence-corrected chi connectivity index (χ0v) is 17.1. The summed E-state index contributed by atoms with van der Waals surface area (Å²) in [5, 5.41) is 4.04. The van der Waals surface area contributed by atoms with E-state index in [1.807, 2.05) is 17.0 Å². The number of hydrogen-bond donors (Lipinski definition) is 0. The lowest BCUT2D eigenvalue weighted by atomic mass is 10.1. The molecule has 0 aliphatic carbocycles. The molecule has 1 saturated heterocycles. The molecule has 1 amide bonds. The van der Waals surface area contributed by atoms with E-state index in [0.29, 0.717) is 37.6 Å². The Kier molecular flexibility index (Phi) is 6.07. The smallest absolute Gasteiger partial charge is 0.227 e. The maximum absolute atomic E-state index is 13.1. The van der Waals surface area contributed by atoms with Crippen LogP contribution in [0, 0.1) is 5.82 Å². The molecule has 2 heterocycles. The molecule has 6 nitrogen and oxygen atoms in total. The molecule has 1 aromatic heterocycles. The van der Waals surface area contributed by atoms with Gasteiger partial charge in [-0.15, -0.1) is 0 Å². The van der Waals surface area contributed by atoms with E-state index in [9.17, 15) is 9.18 Å². The summed E-state index contributed by atoms with van der Waals surface area (Å²) in [5.74, 6) is 0.867. The van der Waals surface area contributed by atoms with Crippen LogP contribution in [0.4, 0.5) is 10.1 Å². The molecule has 1 aliphatic heterocycles. The van der Waals surface area contributed by atoms with Gasteiger partial charge in [-0.05, 0) is 36.2 Å². The van der Waals surface area contributed by atoms with Crippen LogP contribution in [0.5, 0.6) is 0 Å². The van der Waals surface area contributed by atoms with Crippen LogP contribution in [0.3, 0.4) is 0 Å². The molecule has 0 unspecified atom stereocenters. The molecule has 7 heteroatoms. The largest absolute Gasteiger partial charge is 0.368 e. The molecule has 3 aromatic rings. The molecule has 156 valence electrons. The number of nitrogens with zero attached hydrogens (tertiary/aromatic N) is 4. The summed E-state index contributed by atoms with van der Waals surface area (Å²) >= 11 is 0. The van der Waals surface area contributed by atoms with E-state index in [4.69, 9.17) is 4.52 Å². The summed E-state index contributed by atoms with van der Waals surface area (Å²) in [5.41, 5.74) is 3.15. The predicted octanol–water partition coefficient (Wildman–Crippen LogP) is 3.72. The second-order valence-corrected chi connectivity index (χ2v) is 7.41. The molecule has 0 bridgehead atoms. The Bertz CT molecular complexity index is 977. The fraction of sp³-hybridized carbons (Fsp3) is 0.348. The normalized spacial score (nSPS) is 14.2. The number of aromatic nitrogens is 2. The van der Waals surface area contributed by atoms with E-state index in [-0.39, 0.29) is 11.7 Å². The highest BCUT2D eigenvalue weighted by Gasteiger charge is 2.22. The molecule has 0 atom stereocenters. The molecular weight excluding hydrogens is 383 g/mol. The number of carbonyl (C=O) groups is 1. The minimum Gasteiger partial charge on any atom is -0.368 e. The molecule has 4 rings (SSSR count). The van der Waals surface area contributed by atoms with E-state index in [1.54, 1.807) is 12.1 Å². The molecular formula is C23H25FN4O2. The van der Waals surface area contributed by atoms with E-state index in [1.165, 1.54) is 17.7 Å². The van der Waals surface area contributed by atoms with Gasteiger partial charge in [-0.1, -0.05) is 36.3 Å². The standard InChI is InChI=1S/C23H25FN4O2/c1-2-17-3-5-18(6-4-17)23-25-21(30-26-23)11-12-22(29)28-15-13-27(14-16-28)20-9-7-19(24)8-10-20/h3-10H,2,11-16H2,1H3. The van der Waals surface area contributed by atoms with E-state index in [2.05, 4.69) is 34.1 Å². The average Bonchev–Trinajstić information content (AvgIpc) is 3.27. The lowest BCUT2D eigenvalue weighted by Gasteiger charge is -2.36. The van der Waals surface area contributed by atoms with Gasteiger partial charge in [0, 0.05) is 50.3 Å². The fourth-order valence-corrected chi connectivity index (χ4v) is 3.60. The summed E-state index contributed by atoms with van der Waals surface area (Å²) < 4.78 is 18.4. The zero-order valence-electron chi connectivity index (χ0n) is 17.1. The number of amides is 1. The number of carbonyl (C=O) groups excluding carboxylic acids is 1. The SMILES string of the molecule is CCc1ccc(-c2noc(CCC(=O)N3CCN(c4ccc(F)cc4)CC3)n2)cc1. The van der Waals surface area contributed by atoms with Crippen molar-refractivity contribution in [2.75, 3.05) is 31.1 Å². The summed E-state index contributed by atoms with van der Waals surface area (Å²) in [6.45, 7) is 4.87. The number of aryl methyl sites for hydroxylation is 2. The van der Waals surface area contributed by atoms with Crippen LogP contribution in [0.2, 0.25) is 0 Å². The third-order valence-corrected chi connectivity index (χ3v) is 5.47. The van der Waals surface area contributed by atoms with Crippen LogP contribution in [-0.4, -0.2) is 47.1 Å². The van der Waals surface area contributed by atoms with Gasteiger partial charge < -0.3 is 14.3 Å². The van der Waals surface area contributed by atoms with E-state index in [0.717, 1.165) is 30.8 Å². The third-order valence-electron chi connectivity index (χ3n) is 5.47. The first kappa shape index (κ1) is 20.1. The van der Waals surface area contributed by atoms with Crippen molar-refractivity contribution in [3.8, 4) is 11.4 Å². The highest BCUT2D eigenvalue weighted by Crippen LogP contribution is 2.19. The van der Waals surface area contributed by atoms with Gasteiger partial charge in [0.1, 0.15) is 5.82 Å². The number of hydrogen-bond acceptors (Lipinski definition) is 5. The minimum absolute atomic E-state index is 0.0841. The summed E-state index contributed by atoms with van der Waals surface area (Å²) in [6, 6.07) is 14.6. The van der Waals surface area contributed by atoms with Crippen molar-refractivity contribution < 1.29 is 13.7 Å².